The Hall–Kier alpha value is -1.85. The number of rotatable bonds is 5. The van der Waals surface area contributed by atoms with Gasteiger partial charge in [-0.25, -0.2) is 4.98 Å². The minimum Gasteiger partial charge on any atom is -0.480 e. The van der Waals surface area contributed by atoms with E-state index in [1.807, 2.05) is 6.92 Å². The van der Waals surface area contributed by atoms with Crippen LogP contribution in [0.5, 0.6) is 0 Å². The molecule has 6 heteroatoms. The van der Waals surface area contributed by atoms with Gasteiger partial charge in [0.15, 0.2) is 5.82 Å². The number of hydrogen-bond acceptors (Lipinski definition) is 4. The predicted molar refractivity (Wildman–Crippen MR) is 55.0 cm³/mol. The molecular weight excluding hydrogens is 198 g/mol. The van der Waals surface area contributed by atoms with Crippen molar-refractivity contribution in [1.29, 1.82) is 0 Å². The number of anilines is 1. The van der Waals surface area contributed by atoms with Crippen LogP contribution in [0, 0.1) is 0 Å². The van der Waals surface area contributed by atoms with Crippen molar-refractivity contribution >= 4 is 11.8 Å². The Bertz CT molecular complexity index is 388. The van der Waals surface area contributed by atoms with Crippen LogP contribution < -0.4 is 10.5 Å². The first-order valence-corrected chi connectivity index (χ1v) is 4.65. The molecule has 6 nitrogen and oxygen atoms in total. The second kappa shape index (κ2) is 5.14. The highest BCUT2D eigenvalue weighted by Gasteiger charge is 2.13. The van der Waals surface area contributed by atoms with Crippen LogP contribution in [0.25, 0.3) is 0 Å². The molecule has 0 bridgehead atoms. The summed E-state index contributed by atoms with van der Waals surface area (Å²) in [5.41, 5.74) is -0.368. The van der Waals surface area contributed by atoms with Gasteiger partial charge in [0, 0.05) is 18.9 Å². The molecule has 0 aliphatic heterocycles. The highest BCUT2D eigenvalue weighted by Crippen LogP contribution is 2.02. The number of aromatic nitrogens is 2. The lowest BCUT2D eigenvalue weighted by Gasteiger charge is -2.19. The number of carbonyl (C=O) groups is 1. The molecule has 0 saturated heterocycles. The molecule has 15 heavy (non-hydrogen) atoms. The summed E-state index contributed by atoms with van der Waals surface area (Å²) in [6.45, 7) is 2.19. The van der Waals surface area contributed by atoms with E-state index in [2.05, 4.69) is 9.97 Å². The molecule has 82 valence electrons. The van der Waals surface area contributed by atoms with E-state index in [-0.39, 0.29) is 17.9 Å². The second-order valence-corrected chi connectivity index (χ2v) is 3.06. The zero-order valence-corrected chi connectivity index (χ0v) is 8.43. The third-order valence-electron chi connectivity index (χ3n) is 1.81. The van der Waals surface area contributed by atoms with Crippen LogP contribution in [-0.4, -0.2) is 34.1 Å². The zero-order chi connectivity index (χ0) is 11.3. The summed E-state index contributed by atoms with van der Waals surface area (Å²) < 4.78 is 0. The Labute approximate surface area is 86.6 Å². The standard InChI is InChI=1S/C9H13N3O3/c1-2-5-12(6-7(13)14)8-9(15)11-4-3-10-8/h3-4H,2,5-6H2,1H3,(H,11,15)(H,13,14). The number of carboxylic acid groups (broad SMARTS) is 1. The molecule has 1 aromatic heterocycles. The zero-order valence-electron chi connectivity index (χ0n) is 8.43. The van der Waals surface area contributed by atoms with Crippen LogP contribution >= 0.6 is 0 Å². The normalized spacial score (nSPS) is 9.93. The molecular formula is C9H13N3O3. The van der Waals surface area contributed by atoms with Gasteiger partial charge < -0.3 is 15.0 Å². The highest BCUT2D eigenvalue weighted by molar-refractivity contribution is 5.72. The molecule has 1 rings (SSSR count). The van der Waals surface area contributed by atoms with Crippen molar-refractivity contribution in [2.45, 2.75) is 13.3 Å². The van der Waals surface area contributed by atoms with Crippen molar-refractivity contribution < 1.29 is 9.90 Å². The molecule has 0 atom stereocenters. The van der Waals surface area contributed by atoms with Gasteiger partial charge in [-0.1, -0.05) is 6.92 Å². The van der Waals surface area contributed by atoms with E-state index >= 15 is 0 Å². The Morgan fingerprint density at radius 3 is 2.93 bits per heavy atom. The monoisotopic (exact) mass is 211 g/mol. The minimum atomic E-state index is -0.978. The molecule has 0 aliphatic rings. The molecule has 2 N–H and O–H groups in total. The van der Waals surface area contributed by atoms with Crippen LogP contribution in [0.1, 0.15) is 13.3 Å². The number of aliphatic carboxylic acids is 1. The number of H-pyrrole nitrogens is 1. The topological polar surface area (TPSA) is 86.3 Å². The van der Waals surface area contributed by atoms with Crippen LogP contribution in [0.2, 0.25) is 0 Å². The summed E-state index contributed by atoms with van der Waals surface area (Å²) >= 11 is 0. The van der Waals surface area contributed by atoms with Gasteiger partial charge in [0.1, 0.15) is 6.54 Å². The van der Waals surface area contributed by atoms with Gasteiger partial charge in [-0.2, -0.15) is 0 Å². The SMILES string of the molecule is CCCN(CC(=O)O)c1ncc[nH]c1=O. The van der Waals surface area contributed by atoms with Gasteiger partial charge in [0.2, 0.25) is 0 Å². The first kappa shape index (κ1) is 11.2. The fraction of sp³-hybridized carbons (Fsp3) is 0.444. The Balaban J connectivity index is 2.93. The molecule has 0 spiro atoms. The molecule has 0 unspecified atom stereocenters. The maximum Gasteiger partial charge on any atom is 0.323 e. The van der Waals surface area contributed by atoms with E-state index in [1.165, 1.54) is 17.3 Å². The molecule has 0 saturated carbocycles. The van der Waals surface area contributed by atoms with Crippen molar-refractivity contribution in [3.8, 4) is 0 Å². The minimum absolute atomic E-state index is 0.154. The largest absolute Gasteiger partial charge is 0.480 e. The lowest BCUT2D eigenvalue weighted by atomic mass is 10.4. The summed E-state index contributed by atoms with van der Waals surface area (Å²) in [5, 5.41) is 8.68. The van der Waals surface area contributed by atoms with Crippen molar-refractivity contribution in [3.63, 3.8) is 0 Å². The molecule has 0 aromatic carbocycles. The lowest BCUT2D eigenvalue weighted by Crippen LogP contribution is -2.35. The Morgan fingerprint density at radius 1 is 1.67 bits per heavy atom. The van der Waals surface area contributed by atoms with Gasteiger partial charge in [-0.3, -0.25) is 9.59 Å². The number of aromatic amines is 1. The van der Waals surface area contributed by atoms with Crippen molar-refractivity contribution in [3.05, 3.63) is 22.7 Å². The fourth-order valence-electron chi connectivity index (χ4n) is 1.26. The lowest BCUT2D eigenvalue weighted by molar-refractivity contribution is -0.135. The quantitative estimate of drug-likeness (QED) is 0.719. The predicted octanol–water partition coefficient (Wildman–Crippen LogP) is 0.0709. The van der Waals surface area contributed by atoms with Crippen molar-refractivity contribution in [2.75, 3.05) is 18.0 Å². The van der Waals surface area contributed by atoms with Crippen LogP contribution in [-0.2, 0) is 4.79 Å². The second-order valence-electron chi connectivity index (χ2n) is 3.06. The molecule has 0 aliphatic carbocycles. The third kappa shape index (κ3) is 3.08. The average molecular weight is 211 g/mol. The number of hydrogen-bond donors (Lipinski definition) is 2. The molecule has 1 aromatic rings. The van der Waals surface area contributed by atoms with E-state index in [0.717, 1.165) is 6.42 Å². The molecule has 0 fully saturated rings. The third-order valence-corrected chi connectivity index (χ3v) is 1.81. The van der Waals surface area contributed by atoms with Crippen LogP contribution in [0.4, 0.5) is 5.82 Å². The van der Waals surface area contributed by atoms with Gasteiger partial charge in [0.25, 0.3) is 5.56 Å². The van der Waals surface area contributed by atoms with Gasteiger partial charge in [-0.05, 0) is 6.42 Å². The molecule has 1 heterocycles. The van der Waals surface area contributed by atoms with Crippen LogP contribution in [0.15, 0.2) is 17.2 Å². The number of nitrogens with one attached hydrogen (secondary N) is 1. The summed E-state index contributed by atoms with van der Waals surface area (Å²) in [7, 11) is 0. The summed E-state index contributed by atoms with van der Waals surface area (Å²) in [6, 6.07) is 0. The summed E-state index contributed by atoms with van der Waals surface area (Å²) in [5.74, 6) is -0.824. The Morgan fingerprint density at radius 2 is 2.40 bits per heavy atom. The summed E-state index contributed by atoms with van der Waals surface area (Å²) in [4.78, 5) is 29.7. The number of nitrogens with zero attached hydrogens (tertiary/aromatic N) is 2. The van der Waals surface area contributed by atoms with Crippen molar-refractivity contribution in [2.24, 2.45) is 0 Å². The van der Waals surface area contributed by atoms with Gasteiger partial charge in [0.05, 0.1) is 0 Å². The smallest absolute Gasteiger partial charge is 0.323 e. The fourth-order valence-corrected chi connectivity index (χ4v) is 1.26. The number of carboxylic acids is 1. The van der Waals surface area contributed by atoms with Crippen LogP contribution in [0.3, 0.4) is 0 Å². The molecule has 0 radical (unpaired) electrons. The van der Waals surface area contributed by atoms with E-state index < -0.39 is 5.97 Å². The van der Waals surface area contributed by atoms with E-state index in [4.69, 9.17) is 5.11 Å². The highest BCUT2D eigenvalue weighted by atomic mass is 16.4. The average Bonchev–Trinajstić information content (AvgIpc) is 2.17. The van der Waals surface area contributed by atoms with E-state index in [0.29, 0.717) is 6.54 Å². The first-order chi connectivity index (χ1) is 7.15. The maximum absolute atomic E-state index is 11.4. The summed E-state index contributed by atoms with van der Waals surface area (Å²) in [6.07, 6.45) is 3.60. The first-order valence-electron chi connectivity index (χ1n) is 4.65. The maximum atomic E-state index is 11.4. The van der Waals surface area contributed by atoms with E-state index in [1.54, 1.807) is 0 Å². The van der Waals surface area contributed by atoms with Gasteiger partial charge >= 0.3 is 5.97 Å². The Kier molecular flexibility index (Phi) is 3.84. The van der Waals surface area contributed by atoms with Crippen molar-refractivity contribution in [1.82, 2.24) is 9.97 Å². The molecule has 0 amide bonds. The van der Waals surface area contributed by atoms with Gasteiger partial charge in [-0.15, -0.1) is 0 Å². The van der Waals surface area contributed by atoms with E-state index in [9.17, 15) is 9.59 Å².